The predicted molar refractivity (Wildman–Crippen MR) is 78.1 cm³/mol. The zero-order valence-electron chi connectivity index (χ0n) is 12.6. The van der Waals surface area contributed by atoms with Crippen LogP contribution in [0.3, 0.4) is 0 Å². The van der Waals surface area contributed by atoms with E-state index >= 15 is 0 Å². The minimum atomic E-state index is -3.84. The third-order valence-electron chi connectivity index (χ3n) is 3.04. The van der Waals surface area contributed by atoms with Gasteiger partial charge in [-0.2, -0.15) is 4.31 Å². The fourth-order valence-electron chi connectivity index (χ4n) is 1.81. The van der Waals surface area contributed by atoms with Gasteiger partial charge < -0.3 is 9.84 Å². The van der Waals surface area contributed by atoms with Crippen molar-refractivity contribution in [3.05, 3.63) is 29.8 Å². The number of benzene rings is 1. The quantitative estimate of drug-likeness (QED) is 0.800. The number of aliphatic hydroxyl groups is 1. The molecule has 0 saturated heterocycles. The second kappa shape index (κ2) is 7.02. The molecule has 1 aromatic carbocycles. The number of carbonyl (C=O) groups is 1. The summed E-state index contributed by atoms with van der Waals surface area (Å²) in [4.78, 5) is 11.5. The van der Waals surface area contributed by atoms with E-state index in [9.17, 15) is 18.3 Å². The molecule has 21 heavy (non-hydrogen) atoms. The summed E-state index contributed by atoms with van der Waals surface area (Å²) < 4.78 is 30.9. The molecule has 7 heteroatoms. The minimum Gasteiger partial charge on any atom is -0.468 e. The summed E-state index contributed by atoms with van der Waals surface area (Å²) in [6.07, 6.45) is -0.770. The van der Waals surface area contributed by atoms with Crippen molar-refractivity contribution in [1.82, 2.24) is 4.31 Å². The van der Waals surface area contributed by atoms with Crippen LogP contribution >= 0.6 is 0 Å². The van der Waals surface area contributed by atoms with Crippen LogP contribution in [0.2, 0.25) is 0 Å². The number of methoxy groups -OCH3 is 1. The van der Waals surface area contributed by atoms with E-state index in [1.54, 1.807) is 32.9 Å². The van der Waals surface area contributed by atoms with Crippen LogP contribution in [-0.4, -0.2) is 43.5 Å². The van der Waals surface area contributed by atoms with Crippen LogP contribution in [0.5, 0.6) is 0 Å². The molecule has 0 fully saturated rings. The van der Waals surface area contributed by atoms with Crippen LogP contribution in [0.1, 0.15) is 32.4 Å². The molecule has 0 amide bonds. The van der Waals surface area contributed by atoms with E-state index in [2.05, 4.69) is 4.74 Å². The minimum absolute atomic E-state index is 0.0403. The Balaban J connectivity index is 3.23. The van der Waals surface area contributed by atoms with E-state index in [1.807, 2.05) is 0 Å². The lowest BCUT2D eigenvalue weighted by Crippen LogP contribution is -2.41. The first-order valence-electron chi connectivity index (χ1n) is 6.56. The molecule has 0 heterocycles. The van der Waals surface area contributed by atoms with Crippen molar-refractivity contribution >= 4 is 16.0 Å². The van der Waals surface area contributed by atoms with Crippen LogP contribution in [-0.2, 0) is 19.6 Å². The van der Waals surface area contributed by atoms with Crippen molar-refractivity contribution in [2.45, 2.75) is 37.8 Å². The molecular weight excluding hydrogens is 294 g/mol. The standard InChI is InChI=1S/C14H21NO5S/c1-10(2)15(9-14(17)20-4)21(18,19)13-7-5-6-12(8-13)11(3)16/h5-8,10-11,16H,9H2,1-4H3. The molecule has 0 saturated carbocycles. The molecule has 0 aliphatic carbocycles. The lowest BCUT2D eigenvalue weighted by molar-refractivity contribution is -0.141. The van der Waals surface area contributed by atoms with Crippen molar-refractivity contribution in [3.8, 4) is 0 Å². The first-order chi connectivity index (χ1) is 9.70. The van der Waals surface area contributed by atoms with Gasteiger partial charge in [0.25, 0.3) is 0 Å². The predicted octanol–water partition coefficient (Wildman–Crippen LogP) is 1.31. The number of rotatable bonds is 6. The number of sulfonamides is 1. The van der Waals surface area contributed by atoms with Crippen molar-refractivity contribution in [1.29, 1.82) is 0 Å². The summed E-state index contributed by atoms with van der Waals surface area (Å²) in [5.41, 5.74) is 0.498. The van der Waals surface area contributed by atoms with Gasteiger partial charge in [-0.15, -0.1) is 0 Å². The largest absolute Gasteiger partial charge is 0.468 e. The molecule has 1 atom stereocenters. The highest BCUT2D eigenvalue weighted by atomic mass is 32.2. The summed E-state index contributed by atoms with van der Waals surface area (Å²) in [6.45, 7) is 4.56. The number of aliphatic hydroxyl groups excluding tert-OH is 1. The van der Waals surface area contributed by atoms with Crippen molar-refractivity contribution in [3.63, 3.8) is 0 Å². The number of carbonyl (C=O) groups excluding carboxylic acids is 1. The summed E-state index contributed by atoms with van der Waals surface area (Å²) in [5.74, 6) is -0.626. The van der Waals surface area contributed by atoms with Gasteiger partial charge in [0.2, 0.25) is 10.0 Å². The number of hydrogen-bond acceptors (Lipinski definition) is 5. The van der Waals surface area contributed by atoms with E-state index in [0.29, 0.717) is 5.56 Å². The Hall–Kier alpha value is -1.44. The van der Waals surface area contributed by atoms with E-state index in [-0.39, 0.29) is 11.4 Å². The molecule has 0 aliphatic rings. The highest BCUT2D eigenvalue weighted by molar-refractivity contribution is 7.89. The Morgan fingerprint density at radius 3 is 2.43 bits per heavy atom. The van der Waals surface area contributed by atoms with Gasteiger partial charge in [0.1, 0.15) is 6.54 Å². The SMILES string of the molecule is COC(=O)CN(C(C)C)S(=O)(=O)c1cccc(C(C)O)c1. The normalized spacial score (nSPS) is 13.5. The molecular formula is C14H21NO5S. The second-order valence-corrected chi connectivity index (χ2v) is 6.86. The average Bonchev–Trinajstić information content (AvgIpc) is 2.43. The van der Waals surface area contributed by atoms with Crippen LogP contribution in [0.15, 0.2) is 29.2 Å². The van der Waals surface area contributed by atoms with Crippen molar-refractivity contribution < 1.29 is 23.1 Å². The molecule has 6 nitrogen and oxygen atoms in total. The molecule has 1 unspecified atom stereocenters. The topological polar surface area (TPSA) is 83.9 Å². The molecule has 118 valence electrons. The van der Waals surface area contributed by atoms with Crippen LogP contribution < -0.4 is 0 Å². The molecule has 0 spiro atoms. The maximum Gasteiger partial charge on any atom is 0.321 e. The Morgan fingerprint density at radius 2 is 1.95 bits per heavy atom. The molecule has 1 rings (SSSR count). The van der Waals surface area contributed by atoms with Crippen LogP contribution in [0, 0.1) is 0 Å². The van der Waals surface area contributed by atoms with E-state index in [0.717, 1.165) is 4.31 Å². The van der Waals surface area contributed by atoms with Gasteiger partial charge in [0.05, 0.1) is 18.1 Å². The zero-order valence-corrected chi connectivity index (χ0v) is 13.4. The van der Waals surface area contributed by atoms with Crippen LogP contribution in [0.25, 0.3) is 0 Å². The lowest BCUT2D eigenvalue weighted by atomic mass is 10.1. The Morgan fingerprint density at radius 1 is 1.33 bits per heavy atom. The Labute approximate surface area is 125 Å². The van der Waals surface area contributed by atoms with Gasteiger partial charge in [0.15, 0.2) is 0 Å². The van der Waals surface area contributed by atoms with E-state index in [1.165, 1.54) is 19.2 Å². The van der Waals surface area contributed by atoms with Crippen LogP contribution in [0.4, 0.5) is 0 Å². The summed E-state index contributed by atoms with van der Waals surface area (Å²) in [6, 6.07) is 5.65. The number of nitrogens with zero attached hydrogens (tertiary/aromatic N) is 1. The molecule has 0 bridgehead atoms. The third kappa shape index (κ3) is 4.26. The monoisotopic (exact) mass is 315 g/mol. The average molecular weight is 315 g/mol. The summed E-state index contributed by atoms with van der Waals surface area (Å²) in [7, 11) is -2.63. The Bertz CT molecular complexity index is 595. The number of hydrogen-bond donors (Lipinski definition) is 1. The van der Waals surface area contributed by atoms with Gasteiger partial charge in [-0.05, 0) is 38.5 Å². The molecule has 0 aliphatic heterocycles. The summed E-state index contributed by atoms with van der Waals surface area (Å²) >= 11 is 0. The third-order valence-corrected chi connectivity index (χ3v) is 5.05. The van der Waals surface area contributed by atoms with Gasteiger partial charge in [-0.1, -0.05) is 12.1 Å². The Kier molecular flexibility index (Phi) is 5.88. The maximum atomic E-state index is 12.6. The zero-order chi connectivity index (χ0) is 16.2. The number of esters is 1. The second-order valence-electron chi connectivity index (χ2n) is 4.97. The smallest absolute Gasteiger partial charge is 0.321 e. The van der Waals surface area contributed by atoms with Crippen molar-refractivity contribution in [2.24, 2.45) is 0 Å². The van der Waals surface area contributed by atoms with E-state index < -0.39 is 28.1 Å². The number of ether oxygens (including phenoxy) is 1. The molecule has 1 aromatic rings. The highest BCUT2D eigenvalue weighted by Gasteiger charge is 2.29. The first kappa shape index (κ1) is 17.6. The van der Waals surface area contributed by atoms with Gasteiger partial charge in [0, 0.05) is 6.04 Å². The van der Waals surface area contributed by atoms with Gasteiger partial charge in [-0.25, -0.2) is 8.42 Å². The molecule has 0 radical (unpaired) electrons. The highest BCUT2D eigenvalue weighted by Crippen LogP contribution is 2.22. The molecule has 1 N–H and O–H groups in total. The van der Waals surface area contributed by atoms with Crippen molar-refractivity contribution in [2.75, 3.05) is 13.7 Å². The summed E-state index contributed by atoms with van der Waals surface area (Å²) in [5, 5.41) is 9.56. The fourth-order valence-corrected chi connectivity index (χ4v) is 3.44. The lowest BCUT2D eigenvalue weighted by Gasteiger charge is -2.25. The van der Waals surface area contributed by atoms with Gasteiger partial charge >= 0.3 is 5.97 Å². The van der Waals surface area contributed by atoms with Gasteiger partial charge in [-0.3, -0.25) is 4.79 Å². The fraction of sp³-hybridized carbons (Fsp3) is 0.500. The first-order valence-corrected chi connectivity index (χ1v) is 8.00. The van der Waals surface area contributed by atoms with E-state index in [4.69, 9.17) is 0 Å². The molecule has 0 aromatic heterocycles. The maximum absolute atomic E-state index is 12.6.